The summed E-state index contributed by atoms with van der Waals surface area (Å²) in [5.41, 5.74) is 5.03. The van der Waals surface area contributed by atoms with Crippen LogP contribution in [0, 0.1) is 0 Å². The molecular formula is C4H9ClN2O4S. The van der Waals surface area contributed by atoms with Gasteiger partial charge < -0.3 is 5.11 Å². The molecule has 72 valence electrons. The molecule has 0 aromatic carbocycles. The number of carboxylic acids is 1. The van der Waals surface area contributed by atoms with Crippen LogP contribution in [0.15, 0.2) is 0 Å². The van der Waals surface area contributed by atoms with Crippen LogP contribution in [0.25, 0.3) is 0 Å². The van der Waals surface area contributed by atoms with Gasteiger partial charge in [-0.25, -0.2) is 13.6 Å². The van der Waals surface area contributed by atoms with Crippen molar-refractivity contribution in [1.82, 2.24) is 0 Å². The van der Waals surface area contributed by atoms with Crippen LogP contribution in [0.4, 0.5) is 0 Å². The number of carboxylic acid groups (broad SMARTS) is 1. The normalized spacial score (nSPS) is 16.9. The van der Waals surface area contributed by atoms with Crippen molar-refractivity contribution in [3.8, 4) is 0 Å². The van der Waals surface area contributed by atoms with E-state index in [2.05, 4.69) is 5.14 Å². The van der Waals surface area contributed by atoms with Crippen LogP contribution in [0.2, 0.25) is 0 Å². The van der Waals surface area contributed by atoms with Gasteiger partial charge in [0.2, 0.25) is 14.4 Å². The third-order valence-corrected chi connectivity index (χ3v) is 3.14. The fourth-order valence-corrected chi connectivity index (χ4v) is 0.901. The van der Waals surface area contributed by atoms with Crippen molar-refractivity contribution >= 4 is 27.6 Å². The van der Waals surface area contributed by atoms with Crippen LogP contribution in [0.1, 0.15) is 12.8 Å². The van der Waals surface area contributed by atoms with Crippen molar-refractivity contribution in [2.45, 2.75) is 17.2 Å². The lowest BCUT2D eigenvalue weighted by atomic mass is 10.3. The Hall–Kier alpha value is -0.370. The van der Waals surface area contributed by atoms with Crippen LogP contribution in [0.3, 0.4) is 0 Å². The van der Waals surface area contributed by atoms with Crippen molar-refractivity contribution in [2.24, 2.45) is 10.9 Å². The lowest BCUT2D eigenvalue weighted by molar-refractivity contribution is -0.137. The molecule has 0 aromatic heterocycles. The summed E-state index contributed by atoms with van der Waals surface area (Å²) in [7, 11) is -4.12. The highest BCUT2D eigenvalue weighted by molar-refractivity contribution is 7.91. The zero-order valence-corrected chi connectivity index (χ0v) is 7.60. The summed E-state index contributed by atoms with van der Waals surface area (Å²) in [6.07, 6.45) is -0.876. The van der Waals surface area contributed by atoms with E-state index in [-0.39, 0.29) is 0 Å². The Morgan fingerprint density at radius 1 is 1.58 bits per heavy atom. The van der Waals surface area contributed by atoms with Crippen molar-refractivity contribution in [3.05, 3.63) is 0 Å². The highest BCUT2D eigenvalue weighted by Crippen LogP contribution is 2.19. The minimum absolute atomic E-state index is 0.428. The molecule has 0 spiro atoms. The summed E-state index contributed by atoms with van der Waals surface area (Å²) in [4.78, 5) is 10.0. The fraction of sp³-hybridized carbons (Fsp3) is 0.750. The molecule has 0 aromatic rings. The van der Waals surface area contributed by atoms with Crippen LogP contribution < -0.4 is 10.9 Å². The zero-order chi connectivity index (χ0) is 9.99. The standard InChI is InChI=1S/C4H9ClN2O4S/c5-4(6,12(7,10)11)2-1-3(8)9/h1-2,6H2,(H,8,9)(H2,7,10,11). The van der Waals surface area contributed by atoms with Gasteiger partial charge in [0.15, 0.2) is 0 Å². The average molecular weight is 217 g/mol. The number of nitrogens with two attached hydrogens (primary N) is 2. The first-order chi connectivity index (χ1) is 5.17. The van der Waals surface area contributed by atoms with Gasteiger partial charge in [0.25, 0.3) is 0 Å². The van der Waals surface area contributed by atoms with E-state index >= 15 is 0 Å². The van der Waals surface area contributed by atoms with Crippen LogP contribution in [-0.4, -0.2) is 23.8 Å². The Morgan fingerprint density at radius 2 is 2.00 bits per heavy atom. The summed E-state index contributed by atoms with van der Waals surface area (Å²) in [6.45, 7) is 0. The number of rotatable bonds is 4. The fourth-order valence-electron chi connectivity index (χ4n) is 0.420. The molecule has 0 aliphatic carbocycles. The second-order valence-corrected chi connectivity index (χ2v) is 4.94. The van der Waals surface area contributed by atoms with Gasteiger partial charge in [0, 0.05) is 12.8 Å². The number of halogens is 1. The van der Waals surface area contributed by atoms with Gasteiger partial charge in [-0.1, -0.05) is 11.6 Å². The SMILES string of the molecule is NC(Cl)(CCC(=O)O)S(N)(=O)=O. The molecule has 0 rings (SSSR count). The number of alkyl halides is 1. The predicted molar refractivity (Wildman–Crippen MR) is 42.7 cm³/mol. The molecular weight excluding hydrogens is 208 g/mol. The molecule has 0 bridgehead atoms. The molecule has 0 fully saturated rings. The number of sulfonamides is 1. The number of carbonyl (C=O) groups is 1. The summed E-state index contributed by atoms with van der Waals surface area (Å²) in [5.74, 6) is -1.19. The van der Waals surface area contributed by atoms with Gasteiger partial charge in [-0.05, 0) is 0 Å². The molecule has 12 heavy (non-hydrogen) atoms. The van der Waals surface area contributed by atoms with E-state index < -0.39 is 33.2 Å². The van der Waals surface area contributed by atoms with E-state index in [1.807, 2.05) is 0 Å². The molecule has 0 aliphatic heterocycles. The van der Waals surface area contributed by atoms with E-state index in [1.165, 1.54) is 0 Å². The van der Waals surface area contributed by atoms with E-state index in [1.54, 1.807) is 0 Å². The number of primary sulfonamides is 1. The Labute approximate surface area is 74.5 Å². The molecule has 1 atom stereocenters. The molecule has 0 saturated carbocycles. The summed E-state index contributed by atoms with van der Waals surface area (Å²) in [5, 5.41) is 12.8. The van der Waals surface area contributed by atoms with E-state index in [9.17, 15) is 13.2 Å². The molecule has 0 heterocycles. The lowest BCUT2D eigenvalue weighted by Gasteiger charge is -2.17. The van der Waals surface area contributed by atoms with Crippen molar-refractivity contribution in [3.63, 3.8) is 0 Å². The summed E-state index contributed by atoms with van der Waals surface area (Å²) in [6, 6.07) is 0. The predicted octanol–water partition coefficient (Wildman–Crippen LogP) is -1.01. The molecule has 6 nitrogen and oxygen atoms in total. The second-order valence-electron chi connectivity index (χ2n) is 2.22. The summed E-state index contributed by atoms with van der Waals surface area (Å²) < 4.78 is 19.0. The van der Waals surface area contributed by atoms with Crippen LogP contribution >= 0.6 is 11.6 Å². The zero-order valence-electron chi connectivity index (χ0n) is 6.03. The molecule has 0 saturated heterocycles. The number of hydrogen-bond donors (Lipinski definition) is 3. The van der Waals surface area contributed by atoms with Gasteiger partial charge >= 0.3 is 5.97 Å². The Kier molecular flexibility index (Phi) is 3.45. The monoisotopic (exact) mass is 216 g/mol. The quantitative estimate of drug-likeness (QED) is 0.410. The maximum Gasteiger partial charge on any atom is 0.303 e. The smallest absolute Gasteiger partial charge is 0.303 e. The largest absolute Gasteiger partial charge is 0.481 e. The Bertz CT molecular complexity index is 273. The number of aliphatic carboxylic acids is 1. The third kappa shape index (κ3) is 3.35. The Balaban J connectivity index is 4.35. The summed E-state index contributed by atoms with van der Waals surface area (Å²) >= 11 is 5.26. The highest BCUT2D eigenvalue weighted by Gasteiger charge is 2.35. The maximum absolute atomic E-state index is 10.6. The lowest BCUT2D eigenvalue weighted by Crippen LogP contribution is -2.46. The third-order valence-electron chi connectivity index (χ3n) is 1.15. The maximum atomic E-state index is 10.6. The first-order valence-electron chi connectivity index (χ1n) is 2.89. The topological polar surface area (TPSA) is 123 Å². The first kappa shape index (κ1) is 11.6. The van der Waals surface area contributed by atoms with Gasteiger partial charge in [0.1, 0.15) is 0 Å². The van der Waals surface area contributed by atoms with Gasteiger partial charge in [0.05, 0.1) is 0 Å². The van der Waals surface area contributed by atoms with E-state index in [0.29, 0.717) is 0 Å². The minimum Gasteiger partial charge on any atom is -0.481 e. The van der Waals surface area contributed by atoms with Crippen molar-refractivity contribution in [2.75, 3.05) is 0 Å². The molecule has 0 aliphatic rings. The Morgan fingerprint density at radius 3 is 2.25 bits per heavy atom. The van der Waals surface area contributed by atoms with E-state index in [4.69, 9.17) is 22.4 Å². The molecule has 5 N–H and O–H groups in total. The van der Waals surface area contributed by atoms with Gasteiger partial charge in [-0.2, -0.15) is 0 Å². The van der Waals surface area contributed by atoms with Crippen molar-refractivity contribution < 1.29 is 18.3 Å². The highest BCUT2D eigenvalue weighted by atomic mass is 35.5. The molecule has 0 amide bonds. The number of hydrogen-bond acceptors (Lipinski definition) is 4. The van der Waals surface area contributed by atoms with Gasteiger partial charge in [-0.15, -0.1) is 0 Å². The molecule has 8 heteroatoms. The van der Waals surface area contributed by atoms with Crippen LogP contribution in [-0.2, 0) is 14.8 Å². The van der Waals surface area contributed by atoms with E-state index in [0.717, 1.165) is 0 Å². The minimum atomic E-state index is -4.12. The van der Waals surface area contributed by atoms with Crippen molar-refractivity contribution in [1.29, 1.82) is 0 Å². The second kappa shape index (κ2) is 3.56. The molecule has 0 radical (unpaired) electrons. The van der Waals surface area contributed by atoms with Gasteiger partial charge in [-0.3, -0.25) is 10.5 Å². The molecule has 1 unspecified atom stereocenters. The average Bonchev–Trinajstić information content (AvgIpc) is 1.81. The first-order valence-corrected chi connectivity index (χ1v) is 4.81. The van der Waals surface area contributed by atoms with Crippen LogP contribution in [0.5, 0.6) is 0 Å².